The van der Waals surface area contributed by atoms with Crippen LogP contribution in [0.5, 0.6) is 5.88 Å². The second kappa shape index (κ2) is 14.0. The number of nitrogens with zero attached hydrogens (tertiary/aromatic N) is 1. The van der Waals surface area contributed by atoms with E-state index in [1.807, 2.05) is 30.3 Å². The molecule has 4 bridgehead atoms. The van der Waals surface area contributed by atoms with Crippen LogP contribution in [-0.4, -0.2) is 52.8 Å². The average Bonchev–Trinajstić information content (AvgIpc) is 3.11. The molecular formula is C41H42ClN3O8. The molecule has 0 spiro atoms. The third-order valence-corrected chi connectivity index (χ3v) is 11.3. The Morgan fingerprint density at radius 3 is 2.26 bits per heavy atom. The van der Waals surface area contributed by atoms with Crippen molar-refractivity contribution in [3.8, 4) is 11.6 Å². The maximum absolute atomic E-state index is 14.0. The summed E-state index contributed by atoms with van der Waals surface area (Å²) < 4.78 is 17.5. The van der Waals surface area contributed by atoms with Crippen molar-refractivity contribution in [3.05, 3.63) is 105 Å². The Balaban J connectivity index is 1.11. The van der Waals surface area contributed by atoms with Crippen molar-refractivity contribution in [2.45, 2.75) is 76.5 Å². The number of carbonyl (C=O) groups is 4. The molecule has 4 saturated carbocycles. The lowest BCUT2D eigenvalue weighted by Gasteiger charge is -2.60. The van der Waals surface area contributed by atoms with E-state index in [0.29, 0.717) is 33.1 Å². The van der Waals surface area contributed by atoms with Gasteiger partial charge in [-0.1, -0.05) is 41.9 Å². The van der Waals surface area contributed by atoms with Crippen molar-refractivity contribution in [3.63, 3.8) is 0 Å². The number of para-hydroxylation sites is 1. The first-order chi connectivity index (χ1) is 25.3. The van der Waals surface area contributed by atoms with E-state index in [1.54, 1.807) is 60.9 Å². The number of amides is 2. The van der Waals surface area contributed by atoms with Crippen molar-refractivity contribution in [1.82, 2.24) is 15.2 Å². The molecule has 1 aromatic heterocycles. The quantitative estimate of drug-likeness (QED) is 0.185. The van der Waals surface area contributed by atoms with E-state index in [4.69, 9.17) is 25.8 Å². The van der Waals surface area contributed by atoms with Gasteiger partial charge in [0.05, 0.1) is 18.2 Å². The summed E-state index contributed by atoms with van der Waals surface area (Å²) in [4.78, 5) is 65.0. The lowest BCUT2D eigenvalue weighted by molar-refractivity contribution is -0.165. The van der Waals surface area contributed by atoms with Gasteiger partial charge in [-0.25, -0.2) is 4.79 Å². The molecule has 0 radical (unpaired) electrons. The van der Waals surface area contributed by atoms with Gasteiger partial charge in [0, 0.05) is 46.6 Å². The Labute approximate surface area is 311 Å². The number of esters is 1. The third-order valence-electron chi connectivity index (χ3n) is 11.0. The van der Waals surface area contributed by atoms with Crippen LogP contribution in [-0.2, 0) is 25.5 Å². The number of fused-ring (bicyclic) bond motifs is 1. The number of pyridine rings is 1. The molecule has 4 aromatic rings. The second-order valence-electron chi connectivity index (χ2n) is 15.2. The van der Waals surface area contributed by atoms with Gasteiger partial charge in [0.1, 0.15) is 0 Å². The van der Waals surface area contributed by atoms with Crippen molar-refractivity contribution in [2.75, 3.05) is 7.11 Å². The van der Waals surface area contributed by atoms with Crippen LogP contribution in [0.2, 0.25) is 5.02 Å². The van der Waals surface area contributed by atoms with Crippen molar-refractivity contribution in [1.29, 1.82) is 0 Å². The van der Waals surface area contributed by atoms with Crippen molar-refractivity contribution >= 4 is 46.4 Å². The summed E-state index contributed by atoms with van der Waals surface area (Å²) in [6.45, 7) is 4.50. The van der Waals surface area contributed by atoms with Gasteiger partial charge < -0.3 is 24.8 Å². The summed E-state index contributed by atoms with van der Waals surface area (Å²) in [6, 6.07) is 21.2. The van der Waals surface area contributed by atoms with Crippen LogP contribution in [0.15, 0.2) is 77.6 Å². The molecular weight excluding hydrogens is 698 g/mol. The summed E-state index contributed by atoms with van der Waals surface area (Å²) in [5.41, 5.74) is 0.583. The van der Waals surface area contributed by atoms with E-state index < -0.39 is 17.7 Å². The third kappa shape index (κ3) is 7.14. The van der Waals surface area contributed by atoms with Gasteiger partial charge in [0.25, 0.3) is 11.8 Å². The Hall–Kier alpha value is -5.16. The van der Waals surface area contributed by atoms with Gasteiger partial charge in [-0.2, -0.15) is 0 Å². The highest BCUT2D eigenvalue weighted by atomic mass is 35.5. The molecule has 0 aliphatic heterocycles. The first kappa shape index (κ1) is 36.2. The molecule has 1 heterocycles. The summed E-state index contributed by atoms with van der Waals surface area (Å²) >= 11 is 6.37. The van der Waals surface area contributed by atoms with E-state index >= 15 is 0 Å². The molecule has 3 aromatic carbocycles. The highest BCUT2D eigenvalue weighted by Gasteiger charge is 2.57. The van der Waals surface area contributed by atoms with E-state index in [2.05, 4.69) is 10.6 Å². The number of rotatable bonds is 9. The first-order valence-corrected chi connectivity index (χ1v) is 18.2. The van der Waals surface area contributed by atoms with Crippen LogP contribution in [0.1, 0.15) is 74.4 Å². The Kier molecular flexibility index (Phi) is 9.57. The van der Waals surface area contributed by atoms with Crippen LogP contribution in [0.4, 0.5) is 4.79 Å². The van der Waals surface area contributed by atoms with Crippen LogP contribution in [0.25, 0.3) is 16.6 Å². The van der Waals surface area contributed by atoms with Gasteiger partial charge in [0.2, 0.25) is 5.88 Å². The standard InChI is InChI=1S/C41H42ClN3O8/c1-23(46)53-40(2,3)38(49)44-41-20-25-16-27(21-41)34(28(17-25)22-41)43-36(48)26-12-10-24(11-13-26)18-32-35(47)31-15-14-29(42)19-33(31)45(30-8-6-5-7-9-30)37(32)52-39(50)51-4/h5-15,19,25,27-28,34H,16-18,20-22H2,1-4H3,(H,43,48)(H,44,49)/t25-,27-,28+,34-,41+. The summed E-state index contributed by atoms with van der Waals surface area (Å²) in [5, 5.41) is 7.37. The Morgan fingerprint density at radius 1 is 0.943 bits per heavy atom. The smallest absolute Gasteiger partial charge is 0.450 e. The summed E-state index contributed by atoms with van der Waals surface area (Å²) in [5.74, 6) is -0.0965. The molecule has 4 aliphatic rings. The minimum absolute atomic E-state index is 0.00965. The number of aromatic nitrogens is 1. The molecule has 4 fully saturated rings. The Morgan fingerprint density at radius 2 is 1.62 bits per heavy atom. The average molecular weight is 740 g/mol. The molecule has 2 amide bonds. The molecule has 12 heteroatoms. The van der Waals surface area contributed by atoms with E-state index in [0.717, 1.165) is 37.7 Å². The first-order valence-electron chi connectivity index (χ1n) is 17.9. The fourth-order valence-corrected chi connectivity index (χ4v) is 9.19. The molecule has 2 N–H and O–H groups in total. The maximum Gasteiger partial charge on any atom is 0.514 e. The van der Waals surface area contributed by atoms with Crippen LogP contribution >= 0.6 is 11.6 Å². The zero-order chi connectivity index (χ0) is 37.7. The fraction of sp³-hybridized carbons (Fsp3) is 0.390. The zero-order valence-electron chi connectivity index (χ0n) is 30.1. The molecule has 11 nitrogen and oxygen atoms in total. The number of ether oxygens (including phenoxy) is 3. The zero-order valence-corrected chi connectivity index (χ0v) is 30.8. The largest absolute Gasteiger partial charge is 0.514 e. The predicted molar refractivity (Wildman–Crippen MR) is 198 cm³/mol. The highest BCUT2D eigenvalue weighted by Crippen LogP contribution is 2.56. The normalized spacial score (nSPS) is 23.0. The number of hydrogen-bond acceptors (Lipinski definition) is 8. The maximum atomic E-state index is 14.0. The van der Waals surface area contributed by atoms with Crippen LogP contribution in [0.3, 0.4) is 0 Å². The molecule has 276 valence electrons. The van der Waals surface area contributed by atoms with Gasteiger partial charge >= 0.3 is 12.1 Å². The number of benzene rings is 3. The van der Waals surface area contributed by atoms with Gasteiger partial charge in [-0.05, 0) is 112 Å². The Bertz CT molecular complexity index is 2150. The highest BCUT2D eigenvalue weighted by molar-refractivity contribution is 6.31. The van der Waals surface area contributed by atoms with E-state index in [1.165, 1.54) is 14.0 Å². The minimum atomic E-state index is -1.27. The van der Waals surface area contributed by atoms with Gasteiger partial charge in [0.15, 0.2) is 11.0 Å². The number of methoxy groups -OCH3 is 1. The van der Waals surface area contributed by atoms with Gasteiger partial charge in [-0.15, -0.1) is 0 Å². The second-order valence-corrected chi connectivity index (χ2v) is 15.6. The summed E-state index contributed by atoms with van der Waals surface area (Å²) in [7, 11) is 1.20. The SMILES string of the molecule is COC(=O)Oc1c(Cc2ccc(C(=O)N[C@@H]3[C@@H]4C[C@@H]5C[C@H]3C[C@](NC(=O)C(C)(C)OC(C)=O)(C5)C4)cc2)c(=O)c2ccc(Cl)cc2n1-c1ccccc1. The van der Waals surface area contributed by atoms with Crippen LogP contribution in [0, 0.1) is 17.8 Å². The fourth-order valence-electron chi connectivity index (χ4n) is 9.03. The number of carbonyl (C=O) groups excluding carboxylic acids is 4. The lowest BCUT2D eigenvalue weighted by Crippen LogP contribution is -2.68. The van der Waals surface area contributed by atoms with Crippen LogP contribution < -0.4 is 20.8 Å². The minimum Gasteiger partial charge on any atom is -0.450 e. The van der Waals surface area contributed by atoms with E-state index in [9.17, 15) is 24.0 Å². The molecule has 0 unspecified atom stereocenters. The molecule has 4 aliphatic carbocycles. The molecule has 0 saturated heterocycles. The number of hydrogen-bond donors (Lipinski definition) is 2. The molecule has 53 heavy (non-hydrogen) atoms. The molecule has 8 rings (SSSR count). The predicted octanol–water partition coefficient (Wildman–Crippen LogP) is 6.52. The van der Waals surface area contributed by atoms with E-state index in [-0.39, 0.29) is 58.5 Å². The van der Waals surface area contributed by atoms with Crippen molar-refractivity contribution in [2.24, 2.45) is 17.8 Å². The van der Waals surface area contributed by atoms with Gasteiger partial charge in [-0.3, -0.25) is 23.7 Å². The topological polar surface area (TPSA) is 142 Å². The summed E-state index contributed by atoms with van der Waals surface area (Å²) in [6.07, 6.45) is 3.49. The monoisotopic (exact) mass is 739 g/mol. The number of halogens is 1. The number of nitrogens with one attached hydrogen (secondary N) is 2. The molecule has 5 atom stereocenters. The lowest BCUT2D eigenvalue weighted by atomic mass is 9.51. The van der Waals surface area contributed by atoms with Crippen molar-refractivity contribution < 1.29 is 33.4 Å².